The van der Waals surface area contributed by atoms with Crippen molar-refractivity contribution >= 4 is 0 Å². The number of hydrogen-bond donors (Lipinski definition) is 0. The molecule has 4 heteroatoms. The van der Waals surface area contributed by atoms with Gasteiger partial charge in [0.2, 0.25) is 0 Å². The Kier molecular flexibility index (Phi) is 4.36. The van der Waals surface area contributed by atoms with Gasteiger partial charge in [-0.25, -0.2) is 4.68 Å². The maximum absolute atomic E-state index is 5.84. The Bertz CT molecular complexity index is 884. The van der Waals surface area contributed by atoms with Crippen LogP contribution in [0.4, 0.5) is 0 Å². The molecule has 1 unspecified atom stereocenters. The Hall–Kier alpha value is -2.46. The largest absolute Gasteiger partial charge is 0.376 e. The zero-order chi connectivity index (χ0) is 17.2. The predicted molar refractivity (Wildman–Crippen MR) is 99.3 cm³/mol. The first kappa shape index (κ1) is 16.0. The van der Waals surface area contributed by atoms with E-state index in [-0.39, 0.29) is 6.10 Å². The van der Waals surface area contributed by atoms with Gasteiger partial charge in [-0.15, -0.1) is 5.10 Å². The summed E-state index contributed by atoms with van der Waals surface area (Å²) < 4.78 is 7.91. The van der Waals surface area contributed by atoms with Crippen LogP contribution in [0.1, 0.15) is 37.0 Å². The number of nitrogens with zero attached hydrogens (tertiary/aromatic N) is 3. The second-order valence-corrected chi connectivity index (χ2v) is 6.54. The summed E-state index contributed by atoms with van der Waals surface area (Å²) in [7, 11) is 1.78. The third-order valence-corrected chi connectivity index (χ3v) is 4.98. The van der Waals surface area contributed by atoms with E-state index >= 15 is 0 Å². The quantitative estimate of drug-likeness (QED) is 0.697. The molecule has 4 rings (SSSR count). The molecule has 3 aromatic rings. The zero-order valence-electron chi connectivity index (χ0n) is 14.8. The molecule has 0 radical (unpaired) electrons. The molecular formula is C21H23N3O. The number of rotatable bonds is 4. The third-order valence-electron chi connectivity index (χ3n) is 4.98. The van der Waals surface area contributed by atoms with Crippen LogP contribution in [-0.4, -0.2) is 22.1 Å². The lowest BCUT2D eigenvalue weighted by atomic mass is 9.87. The van der Waals surface area contributed by atoms with Crippen LogP contribution >= 0.6 is 0 Å². The predicted octanol–water partition coefficient (Wildman–Crippen LogP) is 4.66. The molecule has 1 heterocycles. The number of hydrogen-bond acceptors (Lipinski definition) is 3. The molecule has 25 heavy (non-hydrogen) atoms. The SMILES string of the molecule is CCCCn1nnc2c1-c1ccccc1CC(OC)c1ccccc1-2. The highest BCUT2D eigenvalue weighted by Crippen LogP contribution is 2.41. The fraction of sp³-hybridized carbons (Fsp3) is 0.333. The minimum atomic E-state index is 0.0197. The Morgan fingerprint density at radius 1 is 1.08 bits per heavy atom. The lowest BCUT2D eigenvalue weighted by molar-refractivity contribution is 0.104. The molecule has 0 bridgehead atoms. The summed E-state index contributed by atoms with van der Waals surface area (Å²) >= 11 is 0. The molecule has 0 amide bonds. The summed E-state index contributed by atoms with van der Waals surface area (Å²) in [6.07, 6.45) is 3.10. The average molecular weight is 333 g/mol. The van der Waals surface area contributed by atoms with Crippen LogP contribution in [0.15, 0.2) is 48.5 Å². The topological polar surface area (TPSA) is 39.9 Å². The smallest absolute Gasteiger partial charge is 0.121 e. The van der Waals surface area contributed by atoms with Crippen molar-refractivity contribution in [2.24, 2.45) is 0 Å². The Morgan fingerprint density at radius 2 is 1.84 bits per heavy atom. The van der Waals surface area contributed by atoms with Crippen molar-refractivity contribution in [3.8, 4) is 22.5 Å². The second kappa shape index (κ2) is 6.81. The van der Waals surface area contributed by atoms with Gasteiger partial charge in [-0.2, -0.15) is 0 Å². The van der Waals surface area contributed by atoms with E-state index in [1.807, 2.05) is 0 Å². The van der Waals surface area contributed by atoms with Crippen LogP contribution in [0, 0.1) is 0 Å². The van der Waals surface area contributed by atoms with E-state index in [1.165, 1.54) is 16.7 Å². The fourth-order valence-corrected chi connectivity index (χ4v) is 3.67. The van der Waals surface area contributed by atoms with Crippen LogP contribution < -0.4 is 0 Å². The molecule has 1 atom stereocenters. The van der Waals surface area contributed by atoms with Gasteiger partial charge in [-0.3, -0.25) is 0 Å². The first-order chi connectivity index (χ1) is 12.3. The Balaban J connectivity index is 1.99. The van der Waals surface area contributed by atoms with Crippen molar-refractivity contribution in [2.45, 2.75) is 38.8 Å². The van der Waals surface area contributed by atoms with Crippen molar-refractivity contribution < 1.29 is 4.74 Å². The number of methoxy groups -OCH3 is 1. The lowest BCUT2D eigenvalue weighted by Gasteiger charge is -2.24. The van der Waals surface area contributed by atoms with E-state index < -0.39 is 0 Å². The Labute approximate surface area is 148 Å². The van der Waals surface area contributed by atoms with Crippen LogP contribution in [0.25, 0.3) is 22.5 Å². The van der Waals surface area contributed by atoms with Crippen LogP contribution in [0.2, 0.25) is 0 Å². The first-order valence-electron chi connectivity index (χ1n) is 8.97. The molecule has 0 N–H and O–H groups in total. The van der Waals surface area contributed by atoms with Gasteiger partial charge in [0.15, 0.2) is 0 Å². The molecule has 0 spiro atoms. The summed E-state index contributed by atoms with van der Waals surface area (Å²) in [4.78, 5) is 0. The molecule has 128 valence electrons. The number of fused-ring (bicyclic) bond motifs is 5. The van der Waals surface area contributed by atoms with Gasteiger partial charge in [0.1, 0.15) is 5.69 Å². The number of benzene rings is 2. The van der Waals surface area contributed by atoms with Crippen LogP contribution in [-0.2, 0) is 17.7 Å². The molecule has 1 aliphatic carbocycles. The molecule has 2 aromatic carbocycles. The first-order valence-corrected chi connectivity index (χ1v) is 8.97. The maximum Gasteiger partial charge on any atom is 0.121 e. The highest BCUT2D eigenvalue weighted by Gasteiger charge is 2.27. The van der Waals surface area contributed by atoms with E-state index in [0.717, 1.165) is 42.8 Å². The molecule has 0 saturated carbocycles. The van der Waals surface area contributed by atoms with Gasteiger partial charge in [0.25, 0.3) is 0 Å². The monoisotopic (exact) mass is 333 g/mol. The number of aromatic nitrogens is 3. The van der Waals surface area contributed by atoms with E-state index in [0.29, 0.717) is 0 Å². The van der Waals surface area contributed by atoms with Crippen molar-refractivity contribution in [2.75, 3.05) is 7.11 Å². The summed E-state index contributed by atoms with van der Waals surface area (Å²) in [5.41, 5.74) is 6.90. The summed E-state index contributed by atoms with van der Waals surface area (Å²) in [6, 6.07) is 17.0. The van der Waals surface area contributed by atoms with Gasteiger partial charge >= 0.3 is 0 Å². The zero-order valence-corrected chi connectivity index (χ0v) is 14.8. The summed E-state index contributed by atoms with van der Waals surface area (Å²) in [5.74, 6) is 0. The molecule has 1 aliphatic rings. The second-order valence-electron chi connectivity index (χ2n) is 6.54. The minimum absolute atomic E-state index is 0.0197. The average Bonchev–Trinajstić information content (AvgIpc) is 3.06. The molecule has 0 aliphatic heterocycles. The number of unbranched alkanes of at least 4 members (excludes halogenated alkanes) is 1. The molecule has 4 nitrogen and oxygen atoms in total. The molecule has 0 fully saturated rings. The van der Waals surface area contributed by atoms with Crippen LogP contribution in [0.3, 0.4) is 0 Å². The lowest BCUT2D eigenvalue weighted by Crippen LogP contribution is -2.12. The minimum Gasteiger partial charge on any atom is -0.376 e. The molecule has 0 saturated heterocycles. The van der Waals surface area contributed by atoms with Gasteiger partial charge in [-0.1, -0.05) is 67.1 Å². The standard InChI is InChI=1S/C21H23N3O/c1-3-4-13-24-21-16-10-6-5-9-15(16)14-19(25-2)17-11-7-8-12-18(17)20(21)22-23-24/h5-12,19H,3-4,13-14H2,1-2H3. The van der Waals surface area contributed by atoms with E-state index in [4.69, 9.17) is 4.74 Å². The normalized spacial score (nSPS) is 15.7. The van der Waals surface area contributed by atoms with Crippen molar-refractivity contribution in [3.63, 3.8) is 0 Å². The highest BCUT2D eigenvalue weighted by molar-refractivity contribution is 5.82. The van der Waals surface area contributed by atoms with E-state index in [1.54, 1.807) is 7.11 Å². The maximum atomic E-state index is 5.84. The molecular weight excluding hydrogens is 310 g/mol. The van der Waals surface area contributed by atoms with Crippen molar-refractivity contribution in [3.05, 3.63) is 59.7 Å². The van der Waals surface area contributed by atoms with Gasteiger partial charge < -0.3 is 4.74 Å². The third kappa shape index (κ3) is 2.76. The summed E-state index contributed by atoms with van der Waals surface area (Å²) in [6.45, 7) is 3.09. The molecule has 1 aromatic heterocycles. The van der Waals surface area contributed by atoms with Gasteiger partial charge in [-0.05, 0) is 17.5 Å². The van der Waals surface area contributed by atoms with E-state index in [2.05, 4.69) is 70.4 Å². The van der Waals surface area contributed by atoms with Gasteiger partial charge in [0, 0.05) is 31.2 Å². The van der Waals surface area contributed by atoms with Gasteiger partial charge in [0.05, 0.1) is 11.8 Å². The number of aryl methyl sites for hydroxylation is 1. The fourth-order valence-electron chi connectivity index (χ4n) is 3.67. The Morgan fingerprint density at radius 3 is 2.64 bits per heavy atom. The highest BCUT2D eigenvalue weighted by atomic mass is 16.5. The van der Waals surface area contributed by atoms with E-state index in [9.17, 15) is 0 Å². The van der Waals surface area contributed by atoms with Crippen molar-refractivity contribution in [1.82, 2.24) is 15.0 Å². The van der Waals surface area contributed by atoms with Crippen molar-refractivity contribution in [1.29, 1.82) is 0 Å². The van der Waals surface area contributed by atoms with Crippen LogP contribution in [0.5, 0.6) is 0 Å². The summed E-state index contributed by atoms with van der Waals surface area (Å²) in [5, 5.41) is 9.07. The number of ether oxygens (including phenoxy) is 1.